The second-order valence-electron chi connectivity index (χ2n) is 7.71. The van der Waals surface area contributed by atoms with Gasteiger partial charge in [0.15, 0.2) is 0 Å². The van der Waals surface area contributed by atoms with E-state index in [1.165, 1.54) is 52.3 Å². The van der Waals surface area contributed by atoms with Gasteiger partial charge in [-0.15, -0.1) is 0 Å². The van der Waals surface area contributed by atoms with Crippen molar-refractivity contribution in [1.29, 1.82) is 0 Å². The van der Waals surface area contributed by atoms with Crippen LogP contribution >= 0.6 is 0 Å². The molecule has 1 saturated heterocycles. The molecule has 2 N–H and O–H groups in total. The number of aromatic nitrogens is 1. The summed E-state index contributed by atoms with van der Waals surface area (Å²) in [5, 5.41) is 6.34. The van der Waals surface area contributed by atoms with Crippen molar-refractivity contribution in [3.05, 3.63) is 65.6 Å². The summed E-state index contributed by atoms with van der Waals surface area (Å²) in [5.41, 5.74) is 1.67. The summed E-state index contributed by atoms with van der Waals surface area (Å²) in [7, 11) is -3.92. The van der Waals surface area contributed by atoms with Crippen molar-refractivity contribution in [3.63, 3.8) is 0 Å². The number of carbonyl (C=O) groups is 2. The number of nitrogens with one attached hydrogen (secondary N) is 2. The Morgan fingerprint density at radius 3 is 2.47 bits per heavy atom. The molecule has 1 aliphatic heterocycles. The molecule has 12 heteroatoms. The Balaban J connectivity index is 1.36. The van der Waals surface area contributed by atoms with Gasteiger partial charge in [0.25, 0.3) is 10.0 Å². The fourth-order valence-electron chi connectivity index (χ4n) is 3.41. The number of halogens is 1. The normalized spacial score (nSPS) is 13.9. The van der Waals surface area contributed by atoms with Crippen LogP contribution in [0.15, 0.2) is 57.9 Å². The highest BCUT2D eigenvalue weighted by Crippen LogP contribution is 2.24. The standard InChI is InChI=1S/C22H22FN5O5S/c1-14-15(2)25-33-21(14)26-34(31,32)17-9-7-16(8-10-17)24-20(29)13-27-11-12-28(22(27)30)19-6-4-3-5-18(19)23/h3-10,26H,11-13H2,1-2H3,(H,24,29). The van der Waals surface area contributed by atoms with Crippen LogP contribution < -0.4 is 14.9 Å². The van der Waals surface area contributed by atoms with Crippen LogP contribution in [0, 0.1) is 19.7 Å². The number of aryl methyl sites for hydroxylation is 1. The zero-order valence-corrected chi connectivity index (χ0v) is 19.2. The maximum Gasteiger partial charge on any atom is 0.325 e. The first-order valence-electron chi connectivity index (χ1n) is 10.3. The first-order chi connectivity index (χ1) is 16.2. The first kappa shape index (κ1) is 23.2. The van der Waals surface area contributed by atoms with E-state index >= 15 is 0 Å². The van der Waals surface area contributed by atoms with Gasteiger partial charge in [0.05, 0.1) is 16.3 Å². The van der Waals surface area contributed by atoms with Crippen LogP contribution in [-0.2, 0) is 14.8 Å². The van der Waals surface area contributed by atoms with Gasteiger partial charge in [-0.2, -0.15) is 0 Å². The molecule has 10 nitrogen and oxygen atoms in total. The fraction of sp³-hybridized carbons (Fsp3) is 0.227. The van der Waals surface area contributed by atoms with Gasteiger partial charge in [-0.1, -0.05) is 17.3 Å². The predicted octanol–water partition coefficient (Wildman–Crippen LogP) is 3.11. The third-order valence-corrected chi connectivity index (χ3v) is 6.75. The smallest absolute Gasteiger partial charge is 0.325 e. The molecule has 4 rings (SSSR count). The molecule has 178 valence electrons. The molecule has 0 saturated carbocycles. The van der Waals surface area contributed by atoms with Crippen molar-refractivity contribution in [2.24, 2.45) is 0 Å². The number of anilines is 3. The van der Waals surface area contributed by atoms with Crippen molar-refractivity contribution < 1.29 is 26.9 Å². The second kappa shape index (κ2) is 9.14. The highest BCUT2D eigenvalue weighted by Gasteiger charge is 2.32. The molecular formula is C22H22FN5O5S. The van der Waals surface area contributed by atoms with Crippen LogP contribution in [0.1, 0.15) is 11.3 Å². The number of nitrogens with zero attached hydrogens (tertiary/aromatic N) is 3. The third kappa shape index (κ3) is 4.71. The molecule has 0 aliphatic carbocycles. The average molecular weight is 488 g/mol. The van der Waals surface area contributed by atoms with Crippen LogP contribution in [0.5, 0.6) is 0 Å². The van der Waals surface area contributed by atoms with Crippen molar-refractivity contribution in [2.45, 2.75) is 18.7 Å². The van der Waals surface area contributed by atoms with E-state index in [-0.39, 0.29) is 36.1 Å². The van der Waals surface area contributed by atoms with Crippen LogP contribution in [-0.4, -0.2) is 50.0 Å². The number of sulfonamides is 1. The minimum absolute atomic E-state index is 0.0331. The average Bonchev–Trinajstić information content (AvgIpc) is 3.31. The number of rotatable bonds is 7. The van der Waals surface area contributed by atoms with E-state index in [0.29, 0.717) is 16.9 Å². The second-order valence-corrected chi connectivity index (χ2v) is 9.39. The minimum atomic E-state index is -3.92. The SMILES string of the molecule is Cc1noc(NS(=O)(=O)c2ccc(NC(=O)CN3CCN(c4ccccc4F)C3=O)cc2)c1C. The van der Waals surface area contributed by atoms with E-state index < -0.39 is 27.8 Å². The fourth-order valence-corrected chi connectivity index (χ4v) is 4.45. The number of benzene rings is 2. The Kier molecular flexibility index (Phi) is 6.24. The summed E-state index contributed by atoms with van der Waals surface area (Å²) in [6, 6.07) is 11.0. The van der Waals surface area contributed by atoms with Gasteiger partial charge in [-0.3, -0.25) is 9.69 Å². The Morgan fingerprint density at radius 2 is 1.82 bits per heavy atom. The number of amides is 3. The summed E-state index contributed by atoms with van der Waals surface area (Å²) in [6.45, 7) is 3.68. The predicted molar refractivity (Wildman–Crippen MR) is 123 cm³/mol. The van der Waals surface area contributed by atoms with Crippen LogP contribution in [0.25, 0.3) is 0 Å². The summed E-state index contributed by atoms with van der Waals surface area (Å²) >= 11 is 0. The molecule has 2 aromatic carbocycles. The zero-order valence-electron chi connectivity index (χ0n) is 18.4. The Labute approximate surface area is 195 Å². The van der Waals surface area contributed by atoms with Crippen LogP contribution in [0.2, 0.25) is 0 Å². The lowest BCUT2D eigenvalue weighted by Crippen LogP contribution is -2.37. The topological polar surface area (TPSA) is 125 Å². The number of hydrogen-bond acceptors (Lipinski definition) is 6. The first-order valence-corrected chi connectivity index (χ1v) is 11.8. The van der Waals surface area contributed by atoms with Gasteiger partial charge in [0.1, 0.15) is 12.4 Å². The summed E-state index contributed by atoms with van der Waals surface area (Å²) in [6.07, 6.45) is 0. The molecule has 0 atom stereocenters. The third-order valence-electron chi connectivity index (χ3n) is 5.41. The molecule has 2 heterocycles. The summed E-state index contributed by atoms with van der Waals surface area (Å²) < 4.78 is 46.5. The van der Waals surface area contributed by atoms with Gasteiger partial charge in [0, 0.05) is 24.3 Å². The minimum Gasteiger partial charge on any atom is -0.337 e. The van der Waals surface area contributed by atoms with Crippen molar-refractivity contribution in [1.82, 2.24) is 10.1 Å². The number of para-hydroxylation sites is 1. The number of hydrogen-bond donors (Lipinski definition) is 2. The van der Waals surface area contributed by atoms with E-state index in [0.717, 1.165) is 0 Å². The molecule has 0 bridgehead atoms. The lowest BCUT2D eigenvalue weighted by atomic mass is 10.3. The van der Waals surface area contributed by atoms with Crippen LogP contribution in [0.3, 0.4) is 0 Å². The Hall–Kier alpha value is -3.93. The van der Waals surface area contributed by atoms with E-state index in [1.807, 2.05) is 0 Å². The Bertz CT molecular complexity index is 1340. The summed E-state index contributed by atoms with van der Waals surface area (Å²) in [4.78, 5) is 27.6. The van der Waals surface area contributed by atoms with Gasteiger partial charge >= 0.3 is 6.03 Å². The number of urea groups is 1. The van der Waals surface area contributed by atoms with E-state index in [9.17, 15) is 22.4 Å². The molecule has 1 aromatic heterocycles. The zero-order chi connectivity index (χ0) is 24.5. The van der Waals surface area contributed by atoms with Crippen molar-refractivity contribution >= 4 is 39.2 Å². The van der Waals surface area contributed by atoms with E-state index in [4.69, 9.17) is 4.52 Å². The molecule has 0 radical (unpaired) electrons. The Morgan fingerprint density at radius 1 is 1.12 bits per heavy atom. The highest BCUT2D eigenvalue weighted by atomic mass is 32.2. The van der Waals surface area contributed by atoms with E-state index in [2.05, 4.69) is 15.2 Å². The maximum absolute atomic E-state index is 14.0. The van der Waals surface area contributed by atoms with Gasteiger partial charge in [0.2, 0.25) is 11.8 Å². The van der Waals surface area contributed by atoms with Crippen LogP contribution in [0.4, 0.5) is 26.4 Å². The molecule has 1 fully saturated rings. The molecular weight excluding hydrogens is 465 g/mol. The highest BCUT2D eigenvalue weighted by molar-refractivity contribution is 7.92. The van der Waals surface area contributed by atoms with Crippen molar-refractivity contribution in [2.75, 3.05) is 34.6 Å². The molecule has 0 unspecified atom stereocenters. The number of carbonyl (C=O) groups excluding carboxylic acids is 2. The molecule has 3 amide bonds. The molecule has 3 aromatic rings. The van der Waals surface area contributed by atoms with Crippen molar-refractivity contribution in [3.8, 4) is 0 Å². The quantitative estimate of drug-likeness (QED) is 0.528. The lowest BCUT2D eigenvalue weighted by molar-refractivity contribution is -0.116. The monoisotopic (exact) mass is 487 g/mol. The van der Waals surface area contributed by atoms with Gasteiger partial charge in [-0.05, 0) is 50.2 Å². The maximum atomic E-state index is 14.0. The van der Waals surface area contributed by atoms with E-state index in [1.54, 1.807) is 19.9 Å². The van der Waals surface area contributed by atoms with Gasteiger partial charge in [-0.25, -0.2) is 22.3 Å². The van der Waals surface area contributed by atoms with Gasteiger partial charge < -0.3 is 14.7 Å². The summed E-state index contributed by atoms with van der Waals surface area (Å²) in [5.74, 6) is -0.944. The molecule has 0 spiro atoms. The molecule has 34 heavy (non-hydrogen) atoms. The largest absolute Gasteiger partial charge is 0.337 e. The molecule has 1 aliphatic rings. The lowest BCUT2D eigenvalue weighted by Gasteiger charge is -2.19.